The zero-order valence-corrected chi connectivity index (χ0v) is 19.7. The highest BCUT2D eigenvalue weighted by Gasteiger charge is 2.44. The third-order valence-electron chi connectivity index (χ3n) is 7.50. The Morgan fingerprint density at radius 3 is 2.17 bits per heavy atom. The first-order chi connectivity index (χ1) is 17.0. The summed E-state index contributed by atoms with van der Waals surface area (Å²) in [4.78, 5) is 25.1. The molecule has 0 saturated heterocycles. The van der Waals surface area contributed by atoms with Crippen LogP contribution in [0.25, 0.3) is 11.1 Å². The summed E-state index contributed by atoms with van der Waals surface area (Å²) in [6.45, 7) is 0.155. The molecule has 0 bridgehead atoms. The number of carboxylic acids is 1. The van der Waals surface area contributed by atoms with Crippen molar-refractivity contribution in [2.45, 2.75) is 43.1 Å². The maximum absolute atomic E-state index is 12.8. The molecule has 2 aliphatic rings. The van der Waals surface area contributed by atoms with Crippen molar-refractivity contribution in [3.8, 4) is 16.9 Å². The Morgan fingerprint density at radius 2 is 1.57 bits per heavy atom. The van der Waals surface area contributed by atoms with Gasteiger partial charge in [-0.1, -0.05) is 60.7 Å². The fourth-order valence-corrected chi connectivity index (χ4v) is 5.56. The van der Waals surface area contributed by atoms with Gasteiger partial charge >= 0.3 is 12.1 Å². The van der Waals surface area contributed by atoms with Crippen molar-refractivity contribution in [1.82, 2.24) is 5.32 Å². The molecule has 0 spiro atoms. The maximum atomic E-state index is 12.8. The monoisotopic (exact) mass is 471 g/mol. The number of amides is 1. The largest absolute Gasteiger partial charge is 0.497 e. The number of benzene rings is 3. The first-order valence-electron chi connectivity index (χ1n) is 12.0. The number of methoxy groups -OCH3 is 1. The second kappa shape index (κ2) is 9.45. The minimum atomic E-state index is -1.32. The molecule has 1 fully saturated rings. The van der Waals surface area contributed by atoms with Crippen LogP contribution >= 0.6 is 0 Å². The third-order valence-corrected chi connectivity index (χ3v) is 7.50. The Morgan fingerprint density at radius 1 is 0.943 bits per heavy atom. The first-order valence-corrected chi connectivity index (χ1v) is 12.0. The zero-order chi connectivity index (χ0) is 24.4. The first kappa shape index (κ1) is 23.0. The molecule has 0 heterocycles. The minimum Gasteiger partial charge on any atom is -0.497 e. The van der Waals surface area contributed by atoms with Gasteiger partial charge in [-0.15, -0.1) is 0 Å². The van der Waals surface area contributed by atoms with Crippen molar-refractivity contribution >= 4 is 12.1 Å². The van der Waals surface area contributed by atoms with Crippen molar-refractivity contribution in [3.05, 3.63) is 89.5 Å². The molecular formula is C29H29NO5. The van der Waals surface area contributed by atoms with Crippen LogP contribution in [0.4, 0.5) is 4.79 Å². The van der Waals surface area contributed by atoms with Gasteiger partial charge in [-0.05, 0) is 71.6 Å². The average molecular weight is 472 g/mol. The van der Waals surface area contributed by atoms with Crippen molar-refractivity contribution in [2.24, 2.45) is 0 Å². The molecule has 0 radical (unpaired) electrons. The molecule has 180 valence electrons. The van der Waals surface area contributed by atoms with E-state index >= 15 is 0 Å². The number of rotatable bonds is 6. The Labute approximate surface area is 204 Å². The second-order valence-electron chi connectivity index (χ2n) is 9.39. The van der Waals surface area contributed by atoms with Gasteiger partial charge < -0.3 is 19.9 Å². The smallest absolute Gasteiger partial charge is 0.408 e. The van der Waals surface area contributed by atoms with Gasteiger partial charge in [0.05, 0.1) is 7.11 Å². The summed E-state index contributed by atoms with van der Waals surface area (Å²) in [5.41, 5.74) is 4.34. The topological polar surface area (TPSA) is 84.9 Å². The molecule has 3 aromatic rings. The van der Waals surface area contributed by atoms with Gasteiger partial charge in [0.2, 0.25) is 0 Å². The number of nitrogens with one attached hydrogen (secondary N) is 1. The van der Waals surface area contributed by atoms with Crippen LogP contribution < -0.4 is 10.1 Å². The van der Waals surface area contributed by atoms with Crippen LogP contribution in [-0.2, 0) is 9.53 Å². The molecular weight excluding hydrogens is 442 g/mol. The maximum Gasteiger partial charge on any atom is 0.408 e. The molecule has 0 atom stereocenters. The van der Waals surface area contributed by atoms with Crippen LogP contribution in [0.15, 0.2) is 72.8 Å². The van der Waals surface area contributed by atoms with E-state index in [9.17, 15) is 14.7 Å². The number of hydrogen-bond acceptors (Lipinski definition) is 4. The average Bonchev–Trinajstić information content (AvgIpc) is 3.21. The van der Waals surface area contributed by atoms with Crippen LogP contribution in [0.2, 0.25) is 0 Å². The van der Waals surface area contributed by atoms with Gasteiger partial charge in [-0.3, -0.25) is 0 Å². The van der Waals surface area contributed by atoms with E-state index in [1.807, 2.05) is 48.5 Å². The molecule has 0 aliphatic heterocycles. The van der Waals surface area contributed by atoms with Gasteiger partial charge in [-0.25, -0.2) is 9.59 Å². The van der Waals surface area contributed by atoms with E-state index in [1.54, 1.807) is 7.11 Å². The predicted molar refractivity (Wildman–Crippen MR) is 133 cm³/mol. The normalized spacial score (nSPS) is 21.0. The number of hydrogen-bond donors (Lipinski definition) is 2. The minimum absolute atomic E-state index is 0.0716. The van der Waals surface area contributed by atoms with Crippen molar-refractivity contribution in [1.29, 1.82) is 0 Å². The van der Waals surface area contributed by atoms with Gasteiger partial charge in [0.1, 0.15) is 17.9 Å². The van der Waals surface area contributed by atoms with Crippen LogP contribution in [0.1, 0.15) is 54.2 Å². The number of carboxylic acid groups (broad SMARTS) is 1. The van der Waals surface area contributed by atoms with E-state index in [1.165, 1.54) is 0 Å². The summed E-state index contributed by atoms with van der Waals surface area (Å²) < 4.78 is 11.0. The Hall–Kier alpha value is -3.80. The number of fused-ring (bicyclic) bond motifs is 3. The quantitative estimate of drug-likeness (QED) is 0.481. The number of ether oxygens (including phenoxy) is 2. The van der Waals surface area contributed by atoms with Crippen LogP contribution in [0.3, 0.4) is 0 Å². The number of carbonyl (C=O) groups excluding carboxylic acids is 1. The molecule has 1 amide bonds. The number of carbonyl (C=O) groups is 2. The standard InChI is InChI=1S/C29H29NO5/c1-34-21-8-6-7-20(17-21)19-13-15-29(16-14-19,27(31)32)30-28(33)35-18-26-24-11-4-2-9-22(24)23-10-3-5-12-25(23)26/h2-12,17,19,26H,13-16,18H2,1H3,(H,30,33)(H,31,32)/t19-,29+. The Balaban J connectivity index is 1.25. The summed E-state index contributed by atoms with van der Waals surface area (Å²) in [7, 11) is 1.63. The molecule has 3 aromatic carbocycles. The van der Waals surface area contributed by atoms with E-state index in [2.05, 4.69) is 29.6 Å². The highest BCUT2D eigenvalue weighted by molar-refractivity contribution is 5.85. The highest BCUT2D eigenvalue weighted by atomic mass is 16.5. The second-order valence-corrected chi connectivity index (χ2v) is 9.39. The SMILES string of the molecule is COc1cccc([C@H]2CC[C@](NC(=O)OCC3c4ccccc4-c4ccccc43)(C(=O)O)CC2)c1. The van der Waals surface area contributed by atoms with Crippen LogP contribution in [0, 0.1) is 0 Å². The molecule has 6 heteroatoms. The van der Waals surface area contributed by atoms with Crippen LogP contribution in [-0.4, -0.2) is 36.4 Å². The lowest BCUT2D eigenvalue weighted by atomic mass is 9.74. The molecule has 2 aliphatic carbocycles. The van der Waals surface area contributed by atoms with Crippen molar-refractivity contribution < 1.29 is 24.2 Å². The molecule has 2 N–H and O–H groups in total. The fraction of sp³-hybridized carbons (Fsp3) is 0.310. The third kappa shape index (κ3) is 4.36. The van der Waals surface area contributed by atoms with E-state index in [0.29, 0.717) is 25.7 Å². The molecule has 0 unspecified atom stereocenters. The van der Waals surface area contributed by atoms with Gasteiger partial charge in [-0.2, -0.15) is 0 Å². The lowest BCUT2D eigenvalue weighted by Crippen LogP contribution is -2.56. The van der Waals surface area contributed by atoms with Crippen LogP contribution in [0.5, 0.6) is 5.75 Å². The van der Waals surface area contributed by atoms with E-state index < -0.39 is 17.6 Å². The predicted octanol–water partition coefficient (Wildman–Crippen LogP) is 5.71. The summed E-state index contributed by atoms with van der Waals surface area (Å²) in [5, 5.41) is 12.7. The van der Waals surface area contributed by atoms with E-state index in [4.69, 9.17) is 9.47 Å². The molecule has 5 rings (SSSR count). The highest BCUT2D eigenvalue weighted by Crippen LogP contribution is 2.44. The summed E-state index contributed by atoms with van der Waals surface area (Å²) in [5.74, 6) is -0.0796. The van der Waals surface area contributed by atoms with E-state index in [-0.39, 0.29) is 18.4 Å². The molecule has 0 aromatic heterocycles. The zero-order valence-electron chi connectivity index (χ0n) is 19.7. The Kier molecular flexibility index (Phi) is 6.20. The lowest BCUT2D eigenvalue weighted by Gasteiger charge is -2.37. The number of alkyl carbamates (subject to hydrolysis) is 1. The Bertz CT molecular complexity index is 1200. The van der Waals surface area contributed by atoms with Gasteiger partial charge in [0.15, 0.2) is 0 Å². The van der Waals surface area contributed by atoms with E-state index in [0.717, 1.165) is 33.6 Å². The van der Waals surface area contributed by atoms with Crippen molar-refractivity contribution in [2.75, 3.05) is 13.7 Å². The molecule has 6 nitrogen and oxygen atoms in total. The van der Waals surface area contributed by atoms with Gasteiger partial charge in [0, 0.05) is 5.92 Å². The molecule has 35 heavy (non-hydrogen) atoms. The summed E-state index contributed by atoms with van der Waals surface area (Å²) >= 11 is 0. The summed E-state index contributed by atoms with van der Waals surface area (Å²) in [6, 6.07) is 24.1. The van der Waals surface area contributed by atoms with Gasteiger partial charge in [0.25, 0.3) is 0 Å². The molecule has 1 saturated carbocycles. The lowest BCUT2D eigenvalue weighted by molar-refractivity contribution is -0.146. The fourth-order valence-electron chi connectivity index (χ4n) is 5.56. The van der Waals surface area contributed by atoms with Crippen molar-refractivity contribution in [3.63, 3.8) is 0 Å². The summed E-state index contributed by atoms with van der Waals surface area (Å²) in [6.07, 6.45) is 1.31. The number of aliphatic carboxylic acids is 1.